The van der Waals surface area contributed by atoms with E-state index in [0.717, 1.165) is 12.1 Å². The molecular weight excluding hydrogens is 206 g/mol. The average molecular weight is 227 g/mol. The zero-order valence-corrected chi connectivity index (χ0v) is 11.0. The maximum atomic E-state index is 3.87. The third-order valence-electron chi connectivity index (χ3n) is 2.54. The van der Waals surface area contributed by atoms with E-state index in [0.29, 0.717) is 0 Å². The maximum absolute atomic E-state index is 3.87. The molecule has 0 aliphatic heterocycles. The largest absolute Gasteiger partial charge is 0.371 e. The van der Waals surface area contributed by atoms with Crippen molar-refractivity contribution in [2.45, 2.75) is 20.4 Å². The molecule has 0 saturated heterocycles. The number of allylic oxidation sites excluding steroid dienone is 4. The van der Waals surface area contributed by atoms with E-state index >= 15 is 0 Å². The lowest BCUT2D eigenvalue weighted by Gasteiger charge is -2.20. The normalized spacial score (nSPS) is 11.8. The minimum atomic E-state index is 0.918. The summed E-state index contributed by atoms with van der Waals surface area (Å²) in [7, 11) is 2.10. The van der Waals surface area contributed by atoms with Crippen molar-refractivity contribution in [3.63, 3.8) is 0 Å². The van der Waals surface area contributed by atoms with Gasteiger partial charge in [-0.15, -0.1) is 0 Å². The van der Waals surface area contributed by atoms with Crippen LogP contribution >= 0.6 is 0 Å². The summed E-state index contributed by atoms with van der Waals surface area (Å²) in [6.45, 7) is 8.85. The van der Waals surface area contributed by atoms with Gasteiger partial charge in [-0.25, -0.2) is 0 Å². The second kappa shape index (κ2) is 6.74. The fraction of sp³-hybridized carbons (Fsp3) is 0.250. The van der Waals surface area contributed by atoms with Crippen LogP contribution in [-0.4, -0.2) is 11.9 Å². The maximum Gasteiger partial charge on any atom is 0.0426 e. The Morgan fingerprint density at radius 3 is 2.41 bits per heavy atom. The lowest BCUT2D eigenvalue weighted by atomic mass is 10.2. The molecule has 1 aromatic rings. The van der Waals surface area contributed by atoms with Gasteiger partial charge in [0.25, 0.3) is 0 Å². The molecule has 0 radical (unpaired) electrons. The molecule has 0 N–H and O–H groups in total. The Bertz CT molecular complexity index is 412. The molecule has 0 fully saturated rings. The van der Waals surface area contributed by atoms with Gasteiger partial charge in [0, 0.05) is 19.3 Å². The lowest BCUT2D eigenvalue weighted by molar-refractivity contribution is 0.424. The summed E-state index contributed by atoms with van der Waals surface area (Å²) in [6, 6.07) is 10.5. The van der Waals surface area contributed by atoms with E-state index in [1.807, 2.05) is 19.1 Å². The highest BCUT2D eigenvalue weighted by Gasteiger charge is 2.01. The number of nitrogens with zero attached hydrogens (tertiary/aromatic N) is 1. The molecule has 0 aromatic heterocycles. The van der Waals surface area contributed by atoms with Crippen LogP contribution < -0.4 is 0 Å². The Kier molecular flexibility index (Phi) is 5.28. The number of rotatable bonds is 5. The van der Waals surface area contributed by atoms with Gasteiger partial charge in [-0.05, 0) is 25.5 Å². The first kappa shape index (κ1) is 13.3. The molecule has 1 nitrogen and oxygen atoms in total. The number of hydrogen-bond acceptors (Lipinski definition) is 1. The van der Waals surface area contributed by atoms with E-state index in [9.17, 15) is 0 Å². The standard InChI is InChI=1S/C16H21N/c1-5-16(12-11-14(2)3)17(4)13-15-9-7-6-8-10-15/h5-12H,2,13H2,1,3-4H3/b12-11-,16-5-. The Morgan fingerprint density at radius 2 is 1.88 bits per heavy atom. The number of hydrogen-bond donors (Lipinski definition) is 0. The van der Waals surface area contributed by atoms with E-state index in [4.69, 9.17) is 0 Å². The van der Waals surface area contributed by atoms with Gasteiger partial charge in [0.2, 0.25) is 0 Å². The second-order valence-electron chi connectivity index (χ2n) is 4.23. The van der Waals surface area contributed by atoms with Crippen LogP contribution in [0.4, 0.5) is 0 Å². The molecular formula is C16H21N. The highest BCUT2D eigenvalue weighted by Crippen LogP contribution is 2.10. The predicted molar refractivity (Wildman–Crippen MR) is 75.6 cm³/mol. The zero-order valence-electron chi connectivity index (χ0n) is 11.0. The van der Waals surface area contributed by atoms with Crippen LogP contribution in [0.15, 0.2) is 66.4 Å². The van der Waals surface area contributed by atoms with Crippen LogP contribution in [0, 0.1) is 0 Å². The third-order valence-corrected chi connectivity index (χ3v) is 2.54. The van der Waals surface area contributed by atoms with Crippen molar-refractivity contribution in [3.8, 4) is 0 Å². The van der Waals surface area contributed by atoms with Gasteiger partial charge in [-0.3, -0.25) is 0 Å². The summed E-state index contributed by atoms with van der Waals surface area (Å²) in [5.74, 6) is 0. The van der Waals surface area contributed by atoms with Gasteiger partial charge in [0.15, 0.2) is 0 Å². The quantitative estimate of drug-likeness (QED) is 0.683. The van der Waals surface area contributed by atoms with Gasteiger partial charge in [-0.2, -0.15) is 0 Å². The van der Waals surface area contributed by atoms with Gasteiger partial charge in [0.05, 0.1) is 0 Å². The fourth-order valence-corrected chi connectivity index (χ4v) is 1.62. The Morgan fingerprint density at radius 1 is 1.24 bits per heavy atom. The molecule has 0 bridgehead atoms. The van der Waals surface area contributed by atoms with Crippen molar-refractivity contribution in [2.75, 3.05) is 7.05 Å². The predicted octanol–water partition coefficient (Wildman–Crippen LogP) is 4.15. The summed E-state index contributed by atoms with van der Waals surface area (Å²) in [5, 5.41) is 0. The van der Waals surface area contributed by atoms with E-state index in [1.54, 1.807) is 0 Å². The Labute approximate surface area is 105 Å². The molecule has 0 atom stereocenters. The first-order valence-electron chi connectivity index (χ1n) is 5.88. The van der Waals surface area contributed by atoms with Crippen LogP contribution in [0.1, 0.15) is 19.4 Å². The highest BCUT2D eigenvalue weighted by molar-refractivity contribution is 5.25. The average Bonchev–Trinajstić information content (AvgIpc) is 2.30. The minimum absolute atomic E-state index is 0.918. The van der Waals surface area contributed by atoms with Gasteiger partial charge in [-0.1, -0.05) is 54.6 Å². The van der Waals surface area contributed by atoms with E-state index < -0.39 is 0 Å². The molecule has 1 rings (SSSR count). The third kappa shape index (κ3) is 4.73. The summed E-state index contributed by atoms with van der Waals surface area (Å²) >= 11 is 0. The SMILES string of the molecule is C=C(C)/C=C\C(=C\C)N(C)Cc1ccccc1. The topological polar surface area (TPSA) is 3.24 Å². The summed E-state index contributed by atoms with van der Waals surface area (Å²) in [6.07, 6.45) is 6.25. The minimum Gasteiger partial charge on any atom is -0.371 e. The Hall–Kier alpha value is -1.76. The van der Waals surface area contributed by atoms with E-state index in [-0.39, 0.29) is 0 Å². The van der Waals surface area contributed by atoms with Crippen LogP contribution in [0.2, 0.25) is 0 Å². The van der Waals surface area contributed by atoms with Crippen LogP contribution in [0.25, 0.3) is 0 Å². The molecule has 0 saturated carbocycles. The molecule has 1 heteroatoms. The molecule has 1 aromatic carbocycles. The summed E-state index contributed by atoms with van der Waals surface area (Å²) in [4.78, 5) is 2.23. The molecule has 0 amide bonds. The van der Waals surface area contributed by atoms with Gasteiger partial charge < -0.3 is 4.90 Å². The molecule has 0 spiro atoms. The first-order chi connectivity index (χ1) is 8.13. The molecule has 17 heavy (non-hydrogen) atoms. The van der Waals surface area contributed by atoms with Crippen molar-refractivity contribution in [1.29, 1.82) is 0 Å². The first-order valence-corrected chi connectivity index (χ1v) is 5.88. The summed E-state index contributed by atoms with van der Waals surface area (Å²) < 4.78 is 0. The smallest absolute Gasteiger partial charge is 0.0426 e. The molecule has 0 unspecified atom stereocenters. The van der Waals surface area contributed by atoms with Crippen molar-refractivity contribution in [1.82, 2.24) is 4.90 Å². The second-order valence-corrected chi connectivity index (χ2v) is 4.23. The monoisotopic (exact) mass is 227 g/mol. The van der Waals surface area contributed by atoms with Crippen molar-refractivity contribution in [3.05, 3.63) is 72.0 Å². The van der Waals surface area contributed by atoms with Crippen LogP contribution in [0.5, 0.6) is 0 Å². The lowest BCUT2D eigenvalue weighted by Crippen LogP contribution is -2.15. The van der Waals surface area contributed by atoms with Crippen molar-refractivity contribution < 1.29 is 0 Å². The zero-order chi connectivity index (χ0) is 12.7. The fourth-order valence-electron chi connectivity index (χ4n) is 1.62. The molecule has 0 aliphatic carbocycles. The van der Waals surface area contributed by atoms with Crippen molar-refractivity contribution >= 4 is 0 Å². The van der Waals surface area contributed by atoms with Crippen LogP contribution in [0.3, 0.4) is 0 Å². The number of likely N-dealkylation sites (N-methyl/N-ethyl adjacent to an activating group) is 1. The van der Waals surface area contributed by atoms with Crippen LogP contribution in [-0.2, 0) is 6.54 Å². The summed E-state index contributed by atoms with van der Waals surface area (Å²) in [5.41, 5.74) is 3.59. The van der Waals surface area contributed by atoms with Gasteiger partial charge >= 0.3 is 0 Å². The van der Waals surface area contributed by atoms with Crippen molar-refractivity contribution in [2.24, 2.45) is 0 Å². The van der Waals surface area contributed by atoms with E-state index in [1.165, 1.54) is 11.3 Å². The highest BCUT2D eigenvalue weighted by atomic mass is 15.1. The number of benzene rings is 1. The molecule has 90 valence electrons. The Balaban J connectivity index is 2.68. The van der Waals surface area contributed by atoms with Gasteiger partial charge in [0.1, 0.15) is 0 Å². The molecule has 0 aliphatic rings. The molecule has 0 heterocycles. The van der Waals surface area contributed by atoms with E-state index in [2.05, 4.69) is 61.9 Å².